The molecule has 0 atom stereocenters. The van der Waals surface area contributed by atoms with Gasteiger partial charge in [0.2, 0.25) is 0 Å². The number of fused-ring (bicyclic) bond motifs is 1. The Hall–Kier alpha value is -1.79. The van der Waals surface area contributed by atoms with Gasteiger partial charge in [-0.1, -0.05) is 31.5 Å². The van der Waals surface area contributed by atoms with Crippen molar-refractivity contribution in [1.29, 1.82) is 0 Å². The van der Waals surface area contributed by atoms with Crippen LogP contribution in [0.4, 0.5) is 5.69 Å². The Morgan fingerprint density at radius 1 is 1.26 bits per heavy atom. The van der Waals surface area contributed by atoms with E-state index in [1.54, 1.807) is 12.1 Å². The highest BCUT2D eigenvalue weighted by molar-refractivity contribution is 7.86. The number of rotatable bonds is 3. The first-order chi connectivity index (χ1) is 8.84. The van der Waals surface area contributed by atoms with E-state index in [2.05, 4.69) is 0 Å². The average Bonchev–Trinajstić information content (AvgIpc) is 2.32. The molecule has 0 spiro atoms. The summed E-state index contributed by atoms with van der Waals surface area (Å²) >= 11 is 0. The van der Waals surface area contributed by atoms with Gasteiger partial charge in [-0.2, -0.15) is 8.42 Å². The summed E-state index contributed by atoms with van der Waals surface area (Å²) in [4.78, 5) is -0.467. The zero-order chi connectivity index (χ0) is 14.2. The summed E-state index contributed by atoms with van der Waals surface area (Å²) in [5, 5.41) is 10.9. The van der Waals surface area contributed by atoms with Gasteiger partial charge in [-0.05, 0) is 23.4 Å². The summed E-state index contributed by atoms with van der Waals surface area (Å²) in [7, 11) is -4.46. The third-order valence-corrected chi connectivity index (χ3v) is 3.89. The number of hydrogen-bond donors (Lipinski definition) is 3. The quantitative estimate of drug-likeness (QED) is 0.455. The first-order valence-corrected chi connectivity index (χ1v) is 7.30. The summed E-state index contributed by atoms with van der Waals surface area (Å²) in [6.07, 6.45) is 1.81. The van der Waals surface area contributed by atoms with Crippen molar-refractivity contribution < 1.29 is 18.1 Å². The number of nitrogens with two attached hydrogens (primary N) is 1. The predicted molar refractivity (Wildman–Crippen MR) is 73.8 cm³/mol. The molecule has 0 aliphatic rings. The smallest absolute Gasteiger partial charge is 0.296 e. The van der Waals surface area contributed by atoms with Crippen LogP contribution in [0.1, 0.15) is 18.9 Å². The number of aryl methyl sites for hydroxylation is 1. The third-order valence-electron chi connectivity index (χ3n) is 2.99. The van der Waals surface area contributed by atoms with E-state index in [0.29, 0.717) is 10.8 Å². The van der Waals surface area contributed by atoms with Crippen LogP contribution in [-0.2, 0) is 16.5 Å². The maximum atomic E-state index is 11.2. The normalized spacial score (nSPS) is 11.9. The molecule has 0 aromatic heterocycles. The fourth-order valence-electron chi connectivity index (χ4n) is 2.09. The van der Waals surface area contributed by atoms with E-state index in [0.717, 1.165) is 18.4 Å². The lowest BCUT2D eigenvalue weighted by Gasteiger charge is -2.10. The van der Waals surface area contributed by atoms with Crippen LogP contribution in [0.5, 0.6) is 5.75 Å². The minimum Gasteiger partial charge on any atom is -0.505 e. The SMILES string of the molecule is CCCc1ccc2c(O)c(N)c(S(=O)(=O)O)cc2c1. The van der Waals surface area contributed by atoms with E-state index in [9.17, 15) is 13.5 Å². The Bertz CT molecular complexity index is 738. The Labute approximate surface area is 111 Å². The van der Waals surface area contributed by atoms with Crippen molar-refractivity contribution in [2.45, 2.75) is 24.7 Å². The van der Waals surface area contributed by atoms with Gasteiger partial charge in [0.05, 0.1) is 5.69 Å². The summed E-state index contributed by atoms with van der Waals surface area (Å²) in [5.74, 6) is -0.326. The molecule has 0 unspecified atom stereocenters. The van der Waals surface area contributed by atoms with Gasteiger partial charge in [0, 0.05) is 5.39 Å². The molecule has 4 N–H and O–H groups in total. The van der Waals surface area contributed by atoms with Gasteiger partial charge in [-0.25, -0.2) is 0 Å². The molecule has 2 aromatic carbocycles. The summed E-state index contributed by atoms with van der Waals surface area (Å²) in [6.45, 7) is 2.04. The van der Waals surface area contributed by atoms with Crippen molar-refractivity contribution in [1.82, 2.24) is 0 Å². The highest BCUT2D eigenvalue weighted by atomic mass is 32.2. The van der Waals surface area contributed by atoms with Gasteiger partial charge < -0.3 is 10.8 Å². The fourth-order valence-corrected chi connectivity index (χ4v) is 2.74. The van der Waals surface area contributed by atoms with Crippen molar-refractivity contribution >= 4 is 26.6 Å². The molecular formula is C13H15NO4S. The minimum atomic E-state index is -4.46. The molecule has 0 radical (unpaired) electrons. The molecule has 5 nitrogen and oxygen atoms in total. The molecule has 0 amide bonds. The average molecular weight is 281 g/mol. The lowest BCUT2D eigenvalue weighted by molar-refractivity contribution is 0.473. The van der Waals surface area contributed by atoms with Crippen LogP contribution in [0.3, 0.4) is 0 Å². The molecule has 0 heterocycles. The molecule has 102 valence electrons. The van der Waals surface area contributed by atoms with Gasteiger partial charge in [0.25, 0.3) is 10.1 Å². The van der Waals surface area contributed by atoms with E-state index in [4.69, 9.17) is 10.3 Å². The van der Waals surface area contributed by atoms with Crippen LogP contribution in [-0.4, -0.2) is 18.1 Å². The first-order valence-electron chi connectivity index (χ1n) is 5.86. The van der Waals surface area contributed by atoms with Gasteiger partial charge in [-0.3, -0.25) is 4.55 Å². The number of phenols is 1. The molecule has 0 saturated heterocycles. The van der Waals surface area contributed by atoms with Crippen LogP contribution in [0.25, 0.3) is 10.8 Å². The molecular weight excluding hydrogens is 266 g/mol. The van der Waals surface area contributed by atoms with E-state index < -0.39 is 15.0 Å². The molecule has 2 aromatic rings. The van der Waals surface area contributed by atoms with Gasteiger partial charge in [0.1, 0.15) is 10.6 Å². The second-order valence-corrected chi connectivity index (χ2v) is 5.81. The fraction of sp³-hybridized carbons (Fsp3) is 0.231. The molecule has 0 saturated carbocycles. The lowest BCUT2D eigenvalue weighted by atomic mass is 10.0. The van der Waals surface area contributed by atoms with E-state index >= 15 is 0 Å². The maximum Gasteiger partial charge on any atom is 0.296 e. The summed E-state index contributed by atoms with van der Waals surface area (Å²) < 4.78 is 31.6. The Morgan fingerprint density at radius 3 is 2.53 bits per heavy atom. The van der Waals surface area contributed by atoms with Crippen molar-refractivity contribution in [2.24, 2.45) is 0 Å². The van der Waals surface area contributed by atoms with Gasteiger partial charge in [-0.15, -0.1) is 0 Å². The number of anilines is 1. The van der Waals surface area contributed by atoms with E-state index in [1.165, 1.54) is 6.07 Å². The minimum absolute atomic E-state index is 0.326. The highest BCUT2D eigenvalue weighted by Crippen LogP contribution is 2.36. The van der Waals surface area contributed by atoms with Crippen molar-refractivity contribution in [3.8, 4) is 5.75 Å². The third kappa shape index (κ3) is 2.50. The van der Waals surface area contributed by atoms with Crippen LogP contribution in [0.2, 0.25) is 0 Å². The largest absolute Gasteiger partial charge is 0.505 e. The number of nitrogen functional groups attached to an aromatic ring is 1. The second kappa shape index (κ2) is 4.71. The maximum absolute atomic E-state index is 11.2. The number of aromatic hydroxyl groups is 1. The lowest BCUT2D eigenvalue weighted by Crippen LogP contribution is -2.03. The molecule has 2 rings (SSSR count). The molecule has 0 fully saturated rings. The topological polar surface area (TPSA) is 101 Å². The first kappa shape index (κ1) is 13.6. The van der Waals surface area contributed by atoms with Gasteiger partial charge >= 0.3 is 0 Å². The second-order valence-electron chi connectivity index (χ2n) is 4.42. The number of benzene rings is 2. The van der Waals surface area contributed by atoms with E-state index in [1.807, 2.05) is 13.0 Å². The number of phenolic OH excluding ortho intramolecular Hbond substituents is 1. The zero-order valence-corrected chi connectivity index (χ0v) is 11.2. The molecule has 19 heavy (non-hydrogen) atoms. The predicted octanol–water partition coefficient (Wildman–Crippen LogP) is 2.33. The summed E-state index contributed by atoms with van der Waals surface area (Å²) in [5.41, 5.74) is 6.24. The van der Waals surface area contributed by atoms with Crippen LogP contribution in [0.15, 0.2) is 29.2 Å². The van der Waals surface area contributed by atoms with Gasteiger partial charge in [0.15, 0.2) is 0 Å². The monoisotopic (exact) mass is 281 g/mol. The van der Waals surface area contributed by atoms with Crippen molar-refractivity contribution in [3.05, 3.63) is 29.8 Å². The molecule has 0 bridgehead atoms. The van der Waals surface area contributed by atoms with Crippen LogP contribution < -0.4 is 5.73 Å². The Morgan fingerprint density at radius 2 is 1.95 bits per heavy atom. The zero-order valence-electron chi connectivity index (χ0n) is 10.4. The highest BCUT2D eigenvalue weighted by Gasteiger charge is 2.19. The molecule has 0 aliphatic carbocycles. The van der Waals surface area contributed by atoms with Crippen molar-refractivity contribution in [2.75, 3.05) is 5.73 Å². The van der Waals surface area contributed by atoms with Crippen LogP contribution in [0, 0.1) is 0 Å². The molecule has 6 heteroatoms. The summed E-state index contributed by atoms with van der Waals surface area (Å²) in [6, 6.07) is 6.61. The standard InChI is InChI=1S/C13H15NO4S/c1-2-3-8-4-5-10-9(6-8)7-11(19(16,17)18)12(14)13(10)15/h4-7,15H,2-3,14H2,1H3,(H,16,17,18). The Balaban J connectivity index is 2.78. The van der Waals surface area contributed by atoms with Crippen molar-refractivity contribution in [3.63, 3.8) is 0 Å². The number of hydrogen-bond acceptors (Lipinski definition) is 4. The van der Waals surface area contributed by atoms with Crippen LogP contribution >= 0.6 is 0 Å². The molecule has 0 aliphatic heterocycles. The van der Waals surface area contributed by atoms with E-state index in [-0.39, 0.29) is 11.4 Å². The Kier molecular flexibility index (Phi) is 3.38.